The lowest BCUT2D eigenvalue weighted by Gasteiger charge is -2.17. The molecule has 1 atom stereocenters. The Kier molecular flexibility index (Phi) is 13.8. The first-order chi connectivity index (χ1) is 21.1. The number of benzene rings is 2. The van der Waals surface area contributed by atoms with Crippen LogP contribution in [0.3, 0.4) is 0 Å². The van der Waals surface area contributed by atoms with Crippen molar-refractivity contribution >= 4 is 54.8 Å². The molecular formula is C32H44Cl2N4O6S2. The topological polar surface area (TPSA) is 138 Å². The molecule has 1 unspecified atom stereocenters. The third kappa shape index (κ3) is 9.48. The lowest BCUT2D eigenvalue weighted by Crippen LogP contribution is -2.28. The fraction of sp³-hybridized carbons (Fsp3) is 0.469. The molecule has 46 heavy (non-hydrogen) atoms. The quantitative estimate of drug-likeness (QED) is 0.231. The fourth-order valence-corrected chi connectivity index (χ4v) is 7.46. The third-order valence-electron chi connectivity index (χ3n) is 7.39. The minimum atomic E-state index is -3.63. The van der Waals surface area contributed by atoms with Gasteiger partial charge in [-0.15, -0.1) is 0 Å². The molecule has 3 aromatic rings. The molecule has 1 heterocycles. The second-order valence-corrected chi connectivity index (χ2v) is 17.1. The smallest absolute Gasteiger partial charge is 0.244 e. The van der Waals surface area contributed by atoms with E-state index in [9.17, 15) is 26.4 Å². The highest BCUT2D eigenvalue weighted by Crippen LogP contribution is 2.29. The van der Waals surface area contributed by atoms with E-state index in [0.717, 1.165) is 31.1 Å². The molecule has 254 valence electrons. The van der Waals surface area contributed by atoms with Gasteiger partial charge in [0.2, 0.25) is 20.0 Å². The zero-order valence-electron chi connectivity index (χ0n) is 28.0. The van der Waals surface area contributed by atoms with Crippen LogP contribution in [0.2, 0.25) is 10.0 Å². The Morgan fingerprint density at radius 1 is 0.826 bits per heavy atom. The van der Waals surface area contributed by atoms with E-state index in [1.165, 1.54) is 47.2 Å². The summed E-state index contributed by atoms with van der Waals surface area (Å²) in [6.45, 7) is 11.1. The zero-order chi connectivity index (χ0) is 35.3. The minimum Gasteiger partial charge on any atom is -0.299 e. The highest BCUT2D eigenvalue weighted by atomic mass is 35.5. The van der Waals surface area contributed by atoms with Gasteiger partial charge in [-0.05, 0) is 61.6 Å². The van der Waals surface area contributed by atoms with E-state index in [-0.39, 0.29) is 43.7 Å². The highest BCUT2D eigenvalue weighted by molar-refractivity contribution is 7.89. The molecule has 0 aliphatic heterocycles. The van der Waals surface area contributed by atoms with E-state index in [4.69, 9.17) is 23.2 Å². The van der Waals surface area contributed by atoms with Crippen molar-refractivity contribution in [1.29, 1.82) is 0 Å². The van der Waals surface area contributed by atoms with Crippen LogP contribution in [0.5, 0.6) is 0 Å². The summed E-state index contributed by atoms with van der Waals surface area (Å²) in [6, 6.07) is 9.59. The van der Waals surface area contributed by atoms with Gasteiger partial charge in [-0.1, -0.05) is 63.0 Å². The van der Waals surface area contributed by atoms with Crippen LogP contribution in [-0.2, 0) is 42.5 Å². The second kappa shape index (κ2) is 16.0. The van der Waals surface area contributed by atoms with Gasteiger partial charge in [0.05, 0.1) is 21.7 Å². The second-order valence-electron chi connectivity index (χ2n) is 12.1. The number of ketones is 2. The van der Waals surface area contributed by atoms with Crippen LogP contribution in [0.1, 0.15) is 68.6 Å². The summed E-state index contributed by atoms with van der Waals surface area (Å²) in [5, 5.41) is 7.69. The van der Waals surface area contributed by atoms with Gasteiger partial charge >= 0.3 is 0 Å². The van der Waals surface area contributed by atoms with Gasteiger partial charge in [-0.2, -0.15) is 5.10 Å². The van der Waals surface area contributed by atoms with Crippen molar-refractivity contribution < 1.29 is 26.4 Å². The highest BCUT2D eigenvalue weighted by Gasteiger charge is 2.27. The molecule has 0 aliphatic rings. The number of H-pyrrole nitrogens is 1. The summed E-state index contributed by atoms with van der Waals surface area (Å²) in [7, 11) is -1.34. The van der Waals surface area contributed by atoms with Gasteiger partial charge in [0.25, 0.3) is 0 Å². The van der Waals surface area contributed by atoms with Gasteiger partial charge in [0.15, 0.2) is 0 Å². The molecular weight excluding hydrogens is 671 g/mol. The van der Waals surface area contributed by atoms with Gasteiger partial charge in [-0.3, -0.25) is 14.7 Å². The fourth-order valence-electron chi connectivity index (χ4n) is 4.60. The monoisotopic (exact) mass is 714 g/mol. The summed E-state index contributed by atoms with van der Waals surface area (Å²) in [6.07, 6.45) is 0.881. The molecule has 0 amide bonds. The summed E-state index contributed by atoms with van der Waals surface area (Å²) in [5.74, 6) is -0.989. The molecule has 0 saturated carbocycles. The number of Topliss-reactive ketones (excluding diaryl/α,β-unsaturated/α-hetero) is 2. The van der Waals surface area contributed by atoms with Gasteiger partial charge < -0.3 is 0 Å². The number of rotatable bonds is 12. The summed E-state index contributed by atoms with van der Waals surface area (Å²) in [4.78, 5) is 24.0. The molecule has 0 bridgehead atoms. The maximum atomic E-state index is 12.2. The number of hydrogen-bond acceptors (Lipinski definition) is 7. The van der Waals surface area contributed by atoms with E-state index in [0.29, 0.717) is 17.9 Å². The van der Waals surface area contributed by atoms with Gasteiger partial charge in [-0.25, -0.2) is 25.4 Å². The number of carbonyl (C=O) groups excluding carboxylic acids is 2. The minimum absolute atomic E-state index is 0.00229. The molecule has 0 aliphatic carbocycles. The Labute approximate surface area is 283 Å². The van der Waals surface area contributed by atoms with Crippen LogP contribution in [0.4, 0.5) is 0 Å². The first-order valence-corrected chi connectivity index (χ1v) is 18.3. The number of aryl methyl sites for hydroxylation is 1. The molecule has 1 N–H and O–H groups in total. The Hall–Kier alpha value is -2.61. The third-order valence-corrected chi connectivity index (χ3v) is 12.0. The first-order valence-electron chi connectivity index (χ1n) is 14.6. The number of carbonyl (C=O) groups is 2. The summed E-state index contributed by atoms with van der Waals surface area (Å²) < 4.78 is 50.9. The number of aromatic amines is 1. The van der Waals surface area contributed by atoms with Gasteiger partial charge in [0, 0.05) is 51.8 Å². The summed E-state index contributed by atoms with van der Waals surface area (Å²) in [5.41, 5.74) is 4.80. The maximum absolute atomic E-state index is 12.2. The number of aromatic nitrogens is 2. The Morgan fingerprint density at radius 3 is 1.67 bits per heavy atom. The predicted octanol–water partition coefficient (Wildman–Crippen LogP) is 5.90. The normalized spacial score (nSPS) is 12.9. The van der Waals surface area contributed by atoms with Crippen LogP contribution in [0.15, 0.2) is 46.2 Å². The van der Waals surface area contributed by atoms with Crippen LogP contribution >= 0.6 is 23.2 Å². The number of nitrogens with zero attached hydrogens (tertiary/aromatic N) is 3. The lowest BCUT2D eigenvalue weighted by molar-refractivity contribution is -0.133. The molecule has 0 saturated heterocycles. The van der Waals surface area contributed by atoms with Crippen molar-refractivity contribution in [1.82, 2.24) is 18.8 Å². The Morgan fingerprint density at radius 2 is 1.28 bits per heavy atom. The van der Waals surface area contributed by atoms with Crippen molar-refractivity contribution in [3.05, 3.63) is 74.5 Å². The van der Waals surface area contributed by atoms with Crippen LogP contribution in [-0.4, -0.2) is 75.4 Å². The average Bonchev–Trinajstić information content (AvgIpc) is 3.31. The van der Waals surface area contributed by atoms with Crippen LogP contribution < -0.4 is 0 Å². The van der Waals surface area contributed by atoms with E-state index in [1.54, 1.807) is 38.1 Å². The first kappa shape index (κ1) is 39.6. The zero-order valence-corrected chi connectivity index (χ0v) is 31.1. The van der Waals surface area contributed by atoms with Crippen LogP contribution in [0, 0.1) is 18.8 Å². The lowest BCUT2D eigenvalue weighted by atomic mass is 9.87. The molecule has 14 heteroatoms. The maximum Gasteiger partial charge on any atom is 0.244 e. The molecule has 1 aromatic heterocycles. The molecule has 0 fully saturated rings. The Balaban J connectivity index is 0.000000320. The SMILES string of the molecule is CC(=O)C(Cc1ccc(S(=O)(=O)N(C)C)c(Cl)c1)C(=O)C(C)C.Cc1[nH]nc(C(C)C)c1Cc1ccc(S(=O)(=O)N(C)C)c(Cl)c1. The van der Waals surface area contributed by atoms with Crippen molar-refractivity contribution in [2.24, 2.45) is 11.8 Å². The predicted molar refractivity (Wildman–Crippen MR) is 183 cm³/mol. The van der Waals surface area contributed by atoms with E-state index in [2.05, 4.69) is 24.0 Å². The summed E-state index contributed by atoms with van der Waals surface area (Å²) >= 11 is 12.3. The molecule has 2 aromatic carbocycles. The Bertz CT molecular complexity index is 1780. The number of sulfonamides is 2. The standard InChI is InChI=1S/C16H22ClN3O2S.C16H22ClNO4S/c1-10(2)16-13(11(3)18-19-16)8-12-6-7-15(14(17)9-12)23(21,22)20(4)5;1-10(2)16(20)13(11(3)19)8-12-6-7-15(14(17)9-12)23(21,22)18(4)5/h6-7,9-10H,8H2,1-5H3,(H,18,19);6-7,9-10,13H,8H2,1-5H3. The van der Waals surface area contributed by atoms with E-state index < -0.39 is 26.0 Å². The number of hydrogen-bond donors (Lipinski definition) is 1. The number of nitrogens with one attached hydrogen (secondary N) is 1. The largest absolute Gasteiger partial charge is 0.299 e. The van der Waals surface area contributed by atoms with Gasteiger partial charge in [0.1, 0.15) is 21.4 Å². The van der Waals surface area contributed by atoms with E-state index in [1.807, 2.05) is 6.92 Å². The molecule has 0 radical (unpaired) electrons. The van der Waals surface area contributed by atoms with Crippen molar-refractivity contribution in [2.45, 2.75) is 70.1 Å². The van der Waals surface area contributed by atoms with Crippen molar-refractivity contribution in [2.75, 3.05) is 28.2 Å². The molecule has 0 spiro atoms. The average molecular weight is 716 g/mol. The van der Waals surface area contributed by atoms with E-state index >= 15 is 0 Å². The van der Waals surface area contributed by atoms with Crippen molar-refractivity contribution in [3.8, 4) is 0 Å². The number of halogens is 2. The van der Waals surface area contributed by atoms with Crippen LogP contribution in [0.25, 0.3) is 0 Å². The van der Waals surface area contributed by atoms with Crippen molar-refractivity contribution in [3.63, 3.8) is 0 Å². The molecule has 10 nitrogen and oxygen atoms in total. The molecule has 3 rings (SSSR count).